The van der Waals surface area contributed by atoms with Crippen molar-refractivity contribution in [3.8, 4) is 0 Å². The number of hydrogen-bond acceptors (Lipinski definition) is 7. The zero-order chi connectivity index (χ0) is 33.2. The first kappa shape index (κ1) is 34.9. The molecule has 0 spiro atoms. The molecule has 12 heteroatoms. The van der Waals surface area contributed by atoms with Crippen molar-refractivity contribution in [2.45, 2.75) is 122 Å². The number of fused-ring (bicyclic) bond motifs is 2. The number of rotatable bonds is 13. The zero-order valence-electron chi connectivity index (χ0n) is 27.6. The predicted octanol–water partition coefficient (Wildman–Crippen LogP) is 3.63. The third kappa shape index (κ3) is 8.24. The molecule has 2 aliphatic rings. The van der Waals surface area contributed by atoms with Crippen molar-refractivity contribution in [3.05, 3.63) is 40.9 Å². The van der Waals surface area contributed by atoms with Crippen LogP contribution in [-0.2, 0) is 25.6 Å². The number of amides is 4. The van der Waals surface area contributed by atoms with Gasteiger partial charge in [0.1, 0.15) is 31.3 Å². The molecule has 0 aliphatic carbocycles. The molecule has 46 heavy (non-hydrogen) atoms. The molecule has 0 bridgehead atoms. The molecular weight excluding hydrogens is 588 g/mol. The van der Waals surface area contributed by atoms with E-state index in [-0.39, 0.29) is 30.2 Å². The lowest BCUT2D eigenvalue weighted by Crippen LogP contribution is -2.64. The molecule has 4 amide bonds. The Morgan fingerprint density at radius 3 is 2.39 bits per heavy atom. The fourth-order valence-corrected chi connectivity index (χ4v) is 6.59. The maximum absolute atomic E-state index is 14.1. The first-order chi connectivity index (χ1) is 22.2. The van der Waals surface area contributed by atoms with Gasteiger partial charge in [0.25, 0.3) is 0 Å². The van der Waals surface area contributed by atoms with Crippen LogP contribution >= 0.6 is 0 Å². The molecule has 0 radical (unpaired) electrons. The molecule has 1 aromatic heterocycles. The van der Waals surface area contributed by atoms with E-state index in [2.05, 4.69) is 21.1 Å². The lowest BCUT2D eigenvalue weighted by molar-refractivity contribution is -0.147. The quantitative estimate of drug-likeness (QED) is 0.225. The van der Waals surface area contributed by atoms with Crippen LogP contribution in [-0.4, -0.2) is 77.1 Å². The fourth-order valence-electron chi connectivity index (χ4n) is 6.59. The lowest BCUT2D eigenvalue weighted by atomic mass is 9.93. The summed E-state index contributed by atoms with van der Waals surface area (Å²) in [5, 5.41) is 12.9. The molecule has 3 heterocycles. The van der Waals surface area contributed by atoms with E-state index in [4.69, 9.17) is 4.84 Å². The molecule has 2 aromatic rings. The Bertz CT molecular complexity index is 1380. The van der Waals surface area contributed by atoms with Crippen molar-refractivity contribution < 1.29 is 24.0 Å². The first-order valence-electron chi connectivity index (χ1n) is 16.9. The molecule has 2 saturated heterocycles. The van der Waals surface area contributed by atoms with Gasteiger partial charge >= 0.3 is 0 Å². The Hall–Kier alpha value is -3.96. The second-order valence-corrected chi connectivity index (χ2v) is 12.7. The van der Waals surface area contributed by atoms with Gasteiger partial charge in [-0.25, -0.2) is 0 Å². The van der Waals surface area contributed by atoms with Gasteiger partial charge < -0.3 is 25.7 Å². The lowest BCUT2D eigenvalue weighted by Gasteiger charge is -2.39. The van der Waals surface area contributed by atoms with Crippen LogP contribution in [0.1, 0.15) is 90.5 Å². The van der Waals surface area contributed by atoms with E-state index in [1.807, 2.05) is 45.0 Å². The van der Waals surface area contributed by atoms with Crippen LogP contribution in [0.4, 0.5) is 0 Å². The second kappa shape index (κ2) is 16.6. The summed E-state index contributed by atoms with van der Waals surface area (Å²) in [7, 11) is 1.56. The SMILES string of the molecule is CCC(CCCCC[C@@H]1NC(=O)[C@H]2CCCCN2C(=O)[C@H](C(C)CC)NC(=O)[C@H](Cc2cn(OC)c3ccccc23)NC1=O)N=O. The average Bonchev–Trinajstić information content (AvgIpc) is 3.43. The number of carbonyl (C=O) groups is 4. The molecule has 1 aromatic carbocycles. The maximum atomic E-state index is 14.1. The minimum Gasteiger partial charge on any atom is -0.417 e. The van der Waals surface area contributed by atoms with Gasteiger partial charge in [-0.2, -0.15) is 9.64 Å². The molecule has 2 unspecified atom stereocenters. The summed E-state index contributed by atoms with van der Waals surface area (Å²) in [5.41, 5.74) is 1.62. The van der Waals surface area contributed by atoms with Crippen molar-refractivity contribution in [1.29, 1.82) is 0 Å². The Kier molecular flexibility index (Phi) is 12.6. The molecule has 252 valence electrons. The standard InChI is InChI=1S/C34H50N6O6/c1-5-22(3)30-34(44)39-19-13-12-18-29(39)33(43)35-26(16-9-7-8-14-24(6-2)38-45)31(41)36-27(32(42)37-30)20-23-21-40(46-4)28-17-11-10-15-25(23)28/h10-11,15,17,21-22,24,26-27,29-30H,5-9,12-14,16,18-20H2,1-4H3,(H,35,43)(H,36,41)(H,37,42)/t22?,24?,26-,27-,29+,30-/m0/s1. The molecule has 2 fully saturated rings. The number of benzene rings is 1. The van der Waals surface area contributed by atoms with Crippen LogP contribution in [0.3, 0.4) is 0 Å². The van der Waals surface area contributed by atoms with Gasteiger partial charge in [-0.15, -0.1) is 0 Å². The smallest absolute Gasteiger partial charge is 0.246 e. The summed E-state index contributed by atoms with van der Waals surface area (Å²) in [5.74, 6) is -1.70. The minimum absolute atomic E-state index is 0.153. The highest BCUT2D eigenvalue weighted by atomic mass is 16.6. The number of hydrogen-bond donors (Lipinski definition) is 3. The molecule has 2 aliphatic heterocycles. The minimum atomic E-state index is -1.01. The summed E-state index contributed by atoms with van der Waals surface area (Å²) >= 11 is 0. The molecule has 6 atom stereocenters. The van der Waals surface area contributed by atoms with E-state index in [1.165, 1.54) is 0 Å². The Morgan fingerprint density at radius 1 is 0.935 bits per heavy atom. The van der Waals surface area contributed by atoms with E-state index < -0.39 is 36.0 Å². The highest BCUT2D eigenvalue weighted by Gasteiger charge is 2.40. The van der Waals surface area contributed by atoms with Crippen molar-refractivity contribution in [2.75, 3.05) is 13.7 Å². The molecule has 3 N–H and O–H groups in total. The number of piperidine rings is 1. The third-order valence-electron chi connectivity index (χ3n) is 9.66. The van der Waals surface area contributed by atoms with E-state index >= 15 is 0 Å². The molecule has 4 rings (SSSR count). The van der Waals surface area contributed by atoms with Crippen molar-refractivity contribution in [2.24, 2.45) is 11.1 Å². The van der Waals surface area contributed by atoms with Crippen molar-refractivity contribution in [3.63, 3.8) is 0 Å². The first-order valence-corrected chi connectivity index (χ1v) is 16.9. The van der Waals surface area contributed by atoms with Gasteiger partial charge in [0.05, 0.1) is 11.6 Å². The number of nitrogens with zero attached hydrogens (tertiary/aromatic N) is 3. The summed E-state index contributed by atoms with van der Waals surface area (Å²) in [6.07, 6.45) is 8.54. The Labute approximate surface area is 271 Å². The van der Waals surface area contributed by atoms with Gasteiger partial charge in [0, 0.05) is 24.5 Å². The van der Waals surface area contributed by atoms with E-state index in [9.17, 15) is 24.1 Å². The normalized spacial score (nSPS) is 24.1. The topological polar surface area (TPSA) is 151 Å². The zero-order valence-corrected chi connectivity index (χ0v) is 27.6. The van der Waals surface area contributed by atoms with Gasteiger partial charge in [0.15, 0.2) is 0 Å². The summed E-state index contributed by atoms with van der Waals surface area (Å²) < 4.78 is 1.62. The molecular formula is C34H50N6O6. The summed E-state index contributed by atoms with van der Waals surface area (Å²) in [4.78, 5) is 73.9. The van der Waals surface area contributed by atoms with Crippen molar-refractivity contribution >= 4 is 34.5 Å². The fraction of sp³-hybridized carbons (Fsp3) is 0.647. The van der Waals surface area contributed by atoms with Crippen LogP contribution in [0.2, 0.25) is 0 Å². The van der Waals surface area contributed by atoms with Crippen LogP contribution in [0.5, 0.6) is 0 Å². The monoisotopic (exact) mass is 638 g/mol. The summed E-state index contributed by atoms with van der Waals surface area (Å²) in [6, 6.07) is 3.97. The third-order valence-corrected chi connectivity index (χ3v) is 9.66. The highest BCUT2D eigenvalue weighted by Crippen LogP contribution is 2.24. The van der Waals surface area contributed by atoms with E-state index in [1.54, 1.807) is 22.9 Å². The number of carbonyl (C=O) groups excluding carboxylic acids is 4. The largest absolute Gasteiger partial charge is 0.417 e. The summed E-state index contributed by atoms with van der Waals surface area (Å²) in [6.45, 7) is 6.22. The van der Waals surface area contributed by atoms with Gasteiger partial charge in [-0.05, 0) is 56.1 Å². The van der Waals surface area contributed by atoms with Crippen LogP contribution in [0, 0.1) is 10.8 Å². The van der Waals surface area contributed by atoms with Crippen LogP contribution < -0.4 is 20.8 Å². The number of unbranched alkanes of at least 4 members (excludes halogenated alkanes) is 2. The number of nitroso groups, excluding NO2 is 1. The second-order valence-electron chi connectivity index (χ2n) is 12.7. The highest BCUT2D eigenvalue weighted by molar-refractivity contribution is 5.98. The molecule has 12 nitrogen and oxygen atoms in total. The van der Waals surface area contributed by atoms with E-state index in [0.29, 0.717) is 45.1 Å². The van der Waals surface area contributed by atoms with Gasteiger partial charge in [-0.1, -0.05) is 69.8 Å². The van der Waals surface area contributed by atoms with E-state index in [0.717, 1.165) is 42.1 Å². The number of aromatic nitrogens is 1. The average molecular weight is 639 g/mol. The number of para-hydroxylation sites is 1. The van der Waals surface area contributed by atoms with Crippen LogP contribution in [0.25, 0.3) is 10.9 Å². The Morgan fingerprint density at radius 2 is 1.67 bits per heavy atom. The molecule has 0 saturated carbocycles. The van der Waals surface area contributed by atoms with Crippen molar-refractivity contribution in [1.82, 2.24) is 25.6 Å². The van der Waals surface area contributed by atoms with Gasteiger partial charge in [-0.3, -0.25) is 19.2 Å². The Balaban J connectivity index is 1.65. The van der Waals surface area contributed by atoms with Gasteiger partial charge in [0.2, 0.25) is 23.6 Å². The predicted molar refractivity (Wildman–Crippen MR) is 176 cm³/mol. The van der Waals surface area contributed by atoms with Crippen LogP contribution in [0.15, 0.2) is 35.6 Å². The maximum Gasteiger partial charge on any atom is 0.246 e. The number of nitrogens with one attached hydrogen (secondary N) is 3.